The van der Waals surface area contributed by atoms with E-state index in [1.807, 2.05) is 6.07 Å². The lowest BCUT2D eigenvalue weighted by atomic mass is 9.89. The quantitative estimate of drug-likeness (QED) is 0.741. The summed E-state index contributed by atoms with van der Waals surface area (Å²) >= 11 is 0. The van der Waals surface area contributed by atoms with Crippen LogP contribution in [0.15, 0.2) is 12.1 Å². The van der Waals surface area contributed by atoms with E-state index in [0.29, 0.717) is 11.9 Å². The third kappa shape index (κ3) is 3.39. The summed E-state index contributed by atoms with van der Waals surface area (Å²) in [6.45, 7) is 4.38. The van der Waals surface area contributed by atoms with Gasteiger partial charge in [0, 0.05) is 25.7 Å². The predicted molar refractivity (Wildman–Crippen MR) is 77.4 cm³/mol. The number of anilines is 2. The van der Waals surface area contributed by atoms with Gasteiger partial charge < -0.3 is 20.9 Å². The van der Waals surface area contributed by atoms with E-state index in [4.69, 9.17) is 10.5 Å². The molecule has 1 saturated heterocycles. The van der Waals surface area contributed by atoms with E-state index in [2.05, 4.69) is 21.3 Å². The Morgan fingerprint density at radius 3 is 2.80 bits per heavy atom. The summed E-state index contributed by atoms with van der Waals surface area (Å²) in [5.74, 6) is 1.35. The van der Waals surface area contributed by atoms with Crippen LogP contribution in [-0.2, 0) is 11.3 Å². The van der Waals surface area contributed by atoms with Crippen LogP contribution < -0.4 is 11.1 Å². The fraction of sp³-hybridized carbons (Fsp3) is 0.643. The Hall–Kier alpha value is -1.37. The Morgan fingerprint density at radius 2 is 2.10 bits per heavy atom. The number of nitrogens with one attached hydrogen (secondary N) is 1. The summed E-state index contributed by atoms with van der Waals surface area (Å²) in [7, 11) is 0. The van der Waals surface area contributed by atoms with Crippen molar-refractivity contribution in [3.8, 4) is 0 Å². The second-order valence-corrected chi connectivity index (χ2v) is 5.64. The molecular formula is C14H22N4O2. The van der Waals surface area contributed by atoms with E-state index < -0.39 is 0 Å². The standard InChI is InChI=1S/C14H22N4O2/c15-13-5-10(9-18-1-3-20-4-2-18)6-14(17-13)16-11-7-12(19)8-11/h5-6,11-12,19H,1-4,7-9H2,(H3,15,16,17). The first-order valence-electron chi connectivity index (χ1n) is 7.20. The minimum Gasteiger partial charge on any atom is -0.393 e. The SMILES string of the molecule is Nc1cc(CN2CCOCC2)cc(NC2CC(O)C2)n1. The van der Waals surface area contributed by atoms with E-state index in [0.717, 1.165) is 51.5 Å². The van der Waals surface area contributed by atoms with Crippen LogP contribution in [0.2, 0.25) is 0 Å². The number of nitrogens with two attached hydrogens (primary N) is 1. The number of aliphatic hydroxyl groups excluding tert-OH is 1. The van der Waals surface area contributed by atoms with Gasteiger partial charge in [-0.1, -0.05) is 0 Å². The molecule has 20 heavy (non-hydrogen) atoms. The molecule has 0 amide bonds. The number of nitrogens with zero attached hydrogens (tertiary/aromatic N) is 2. The second kappa shape index (κ2) is 5.95. The van der Waals surface area contributed by atoms with Crippen molar-refractivity contribution in [2.24, 2.45) is 0 Å². The molecule has 0 aromatic carbocycles. The van der Waals surface area contributed by atoms with E-state index in [-0.39, 0.29) is 6.10 Å². The number of pyridine rings is 1. The fourth-order valence-electron chi connectivity index (χ4n) is 2.71. The summed E-state index contributed by atoms with van der Waals surface area (Å²) in [5, 5.41) is 12.7. The lowest BCUT2D eigenvalue weighted by Gasteiger charge is -2.32. The molecule has 3 rings (SSSR count). The van der Waals surface area contributed by atoms with Crippen molar-refractivity contribution in [1.29, 1.82) is 0 Å². The molecule has 1 saturated carbocycles. The number of ether oxygens (including phenoxy) is 1. The minimum absolute atomic E-state index is 0.165. The zero-order chi connectivity index (χ0) is 13.9. The molecule has 6 heteroatoms. The Bertz CT molecular complexity index is 456. The molecule has 1 aliphatic carbocycles. The molecular weight excluding hydrogens is 256 g/mol. The third-order valence-electron chi connectivity index (χ3n) is 3.88. The number of morpholine rings is 1. The molecule has 110 valence electrons. The van der Waals surface area contributed by atoms with Gasteiger partial charge in [-0.3, -0.25) is 4.90 Å². The van der Waals surface area contributed by atoms with E-state index in [1.165, 1.54) is 5.56 Å². The maximum absolute atomic E-state index is 9.32. The van der Waals surface area contributed by atoms with Crippen molar-refractivity contribution in [2.45, 2.75) is 31.5 Å². The summed E-state index contributed by atoms with van der Waals surface area (Å²) in [6.07, 6.45) is 1.41. The topological polar surface area (TPSA) is 83.6 Å². The lowest BCUT2D eigenvalue weighted by Crippen LogP contribution is -2.39. The van der Waals surface area contributed by atoms with Crippen LogP contribution in [0.1, 0.15) is 18.4 Å². The van der Waals surface area contributed by atoms with Gasteiger partial charge in [-0.15, -0.1) is 0 Å². The molecule has 0 atom stereocenters. The van der Waals surface area contributed by atoms with E-state index in [9.17, 15) is 5.11 Å². The van der Waals surface area contributed by atoms with Gasteiger partial charge in [0.05, 0.1) is 19.3 Å². The molecule has 0 bridgehead atoms. The van der Waals surface area contributed by atoms with Crippen LogP contribution in [0.25, 0.3) is 0 Å². The molecule has 2 aliphatic rings. The lowest BCUT2D eigenvalue weighted by molar-refractivity contribution is 0.0342. The molecule has 2 fully saturated rings. The summed E-state index contributed by atoms with van der Waals surface area (Å²) in [4.78, 5) is 6.67. The Balaban J connectivity index is 1.63. The molecule has 1 aromatic heterocycles. The van der Waals surface area contributed by atoms with Gasteiger partial charge >= 0.3 is 0 Å². The molecule has 1 aromatic rings. The summed E-state index contributed by atoms with van der Waals surface area (Å²) < 4.78 is 5.35. The second-order valence-electron chi connectivity index (χ2n) is 5.64. The minimum atomic E-state index is -0.165. The first-order chi connectivity index (χ1) is 9.69. The highest BCUT2D eigenvalue weighted by molar-refractivity contribution is 5.47. The number of nitrogen functional groups attached to an aromatic ring is 1. The van der Waals surface area contributed by atoms with Gasteiger partial charge in [0.2, 0.25) is 0 Å². The van der Waals surface area contributed by atoms with Crippen LogP contribution in [0.5, 0.6) is 0 Å². The first-order valence-corrected chi connectivity index (χ1v) is 7.20. The highest BCUT2D eigenvalue weighted by Gasteiger charge is 2.27. The van der Waals surface area contributed by atoms with Gasteiger partial charge in [-0.05, 0) is 30.5 Å². The smallest absolute Gasteiger partial charge is 0.128 e. The Labute approximate surface area is 118 Å². The van der Waals surface area contributed by atoms with Crippen molar-refractivity contribution in [1.82, 2.24) is 9.88 Å². The van der Waals surface area contributed by atoms with Crippen LogP contribution in [0, 0.1) is 0 Å². The maximum Gasteiger partial charge on any atom is 0.128 e. The predicted octanol–water partition coefficient (Wildman–Crippen LogP) is 0.431. The Kier molecular flexibility index (Phi) is 4.05. The summed E-state index contributed by atoms with van der Waals surface area (Å²) in [5.41, 5.74) is 7.05. The zero-order valence-electron chi connectivity index (χ0n) is 11.6. The van der Waals surface area contributed by atoms with Gasteiger partial charge in [0.15, 0.2) is 0 Å². The van der Waals surface area contributed by atoms with Gasteiger partial charge in [-0.25, -0.2) is 4.98 Å². The average Bonchev–Trinajstić information content (AvgIpc) is 2.37. The van der Waals surface area contributed by atoms with Crippen molar-refractivity contribution >= 4 is 11.6 Å². The van der Waals surface area contributed by atoms with Crippen molar-refractivity contribution < 1.29 is 9.84 Å². The number of aliphatic hydroxyl groups is 1. The third-order valence-corrected chi connectivity index (χ3v) is 3.88. The molecule has 0 radical (unpaired) electrons. The zero-order valence-corrected chi connectivity index (χ0v) is 11.6. The molecule has 2 heterocycles. The molecule has 1 aliphatic heterocycles. The van der Waals surface area contributed by atoms with Crippen LogP contribution >= 0.6 is 0 Å². The van der Waals surface area contributed by atoms with Crippen LogP contribution in [0.3, 0.4) is 0 Å². The number of hydrogen-bond acceptors (Lipinski definition) is 6. The number of hydrogen-bond donors (Lipinski definition) is 3. The Morgan fingerprint density at radius 1 is 1.35 bits per heavy atom. The number of rotatable bonds is 4. The first kappa shape index (κ1) is 13.6. The monoisotopic (exact) mass is 278 g/mol. The highest BCUT2D eigenvalue weighted by atomic mass is 16.5. The molecule has 0 unspecified atom stereocenters. The highest BCUT2D eigenvalue weighted by Crippen LogP contribution is 2.24. The maximum atomic E-state index is 9.32. The van der Waals surface area contributed by atoms with E-state index >= 15 is 0 Å². The van der Waals surface area contributed by atoms with Crippen molar-refractivity contribution in [3.05, 3.63) is 17.7 Å². The van der Waals surface area contributed by atoms with Gasteiger partial charge in [0.25, 0.3) is 0 Å². The molecule has 6 nitrogen and oxygen atoms in total. The number of aromatic nitrogens is 1. The average molecular weight is 278 g/mol. The van der Waals surface area contributed by atoms with Crippen molar-refractivity contribution in [2.75, 3.05) is 37.4 Å². The summed E-state index contributed by atoms with van der Waals surface area (Å²) in [6, 6.07) is 4.29. The van der Waals surface area contributed by atoms with Gasteiger partial charge in [-0.2, -0.15) is 0 Å². The van der Waals surface area contributed by atoms with Crippen LogP contribution in [-0.4, -0.2) is 53.4 Å². The van der Waals surface area contributed by atoms with Gasteiger partial charge in [0.1, 0.15) is 11.6 Å². The largest absolute Gasteiger partial charge is 0.393 e. The molecule has 4 N–H and O–H groups in total. The van der Waals surface area contributed by atoms with E-state index in [1.54, 1.807) is 0 Å². The fourth-order valence-corrected chi connectivity index (χ4v) is 2.71. The van der Waals surface area contributed by atoms with Crippen LogP contribution in [0.4, 0.5) is 11.6 Å². The van der Waals surface area contributed by atoms with Crippen molar-refractivity contribution in [3.63, 3.8) is 0 Å². The molecule has 0 spiro atoms. The normalized spacial score (nSPS) is 27.1.